The molecule has 0 bridgehead atoms. The molecule has 0 fully saturated rings. The first-order chi connectivity index (χ1) is 3.85. The predicted octanol–water partition coefficient (Wildman–Crippen LogP) is 2.24. The lowest BCUT2D eigenvalue weighted by molar-refractivity contribution is -0.194. The lowest BCUT2D eigenvalue weighted by Gasteiger charge is -2.11. The van der Waals surface area contributed by atoms with Crippen molar-refractivity contribution in [2.45, 2.75) is 25.4 Å². The number of hydrogen-bond donors (Lipinski definition) is 0. The molecule has 9 heavy (non-hydrogen) atoms. The maximum atomic E-state index is 11.5. The van der Waals surface area contributed by atoms with Crippen molar-refractivity contribution in [3.05, 3.63) is 0 Å². The third-order valence-corrected chi connectivity index (χ3v) is 0.716. The van der Waals surface area contributed by atoms with Crippen LogP contribution in [0.25, 0.3) is 0 Å². The van der Waals surface area contributed by atoms with Gasteiger partial charge in [0.2, 0.25) is 6.17 Å². The monoisotopic (exact) mass is 148 g/mol. The molecule has 0 radical (unpaired) electrons. The van der Waals surface area contributed by atoms with E-state index < -0.39 is 18.5 Å². The van der Waals surface area contributed by atoms with Crippen LogP contribution in [-0.2, 0) is 0 Å². The van der Waals surface area contributed by atoms with Crippen LogP contribution in [0.2, 0.25) is 0 Å². The van der Waals surface area contributed by atoms with E-state index in [1.165, 1.54) is 0 Å². The summed E-state index contributed by atoms with van der Waals surface area (Å²) in [4.78, 5) is 0. The van der Waals surface area contributed by atoms with Crippen LogP contribution in [0.3, 0.4) is 0 Å². The van der Waals surface area contributed by atoms with Crippen molar-refractivity contribution in [3.63, 3.8) is 0 Å². The second-order valence-electron chi connectivity index (χ2n) is 1.62. The van der Waals surface area contributed by atoms with Crippen molar-refractivity contribution >= 4 is 0 Å². The molecule has 0 aliphatic heterocycles. The van der Waals surface area contributed by atoms with Crippen LogP contribution >= 0.6 is 0 Å². The largest absolute Gasteiger partial charge is 0.422 e. The molecule has 0 aromatic carbocycles. The van der Waals surface area contributed by atoms with Gasteiger partial charge in [0.25, 0.3) is 0 Å². The van der Waals surface area contributed by atoms with Gasteiger partial charge in [-0.15, -0.1) is 0 Å². The Morgan fingerprint density at radius 3 is 1.44 bits per heavy atom. The fraction of sp³-hybridized carbons (Fsp3) is 1.00. The molecule has 0 aromatic heterocycles. The van der Waals surface area contributed by atoms with Gasteiger partial charge in [-0.25, -0.2) is 8.78 Å². The normalized spacial score (nSPS) is 19.3. The third kappa shape index (κ3) is 2.62. The maximum absolute atomic E-state index is 11.5. The summed E-state index contributed by atoms with van der Waals surface area (Å²) in [6.07, 6.45) is -10.9. The molecule has 5 heteroatoms. The second-order valence-corrected chi connectivity index (χ2v) is 1.62. The third-order valence-electron chi connectivity index (χ3n) is 0.716. The number of alkyl halides is 5. The van der Waals surface area contributed by atoms with Gasteiger partial charge in [-0.2, -0.15) is 13.2 Å². The van der Waals surface area contributed by atoms with Crippen LogP contribution in [0, 0.1) is 0 Å². The molecule has 0 saturated carbocycles. The van der Waals surface area contributed by atoms with Crippen molar-refractivity contribution in [2.75, 3.05) is 0 Å². The van der Waals surface area contributed by atoms with Crippen LogP contribution in [0.4, 0.5) is 22.0 Å². The van der Waals surface area contributed by atoms with Crippen LogP contribution in [-0.4, -0.2) is 18.5 Å². The first-order valence-electron chi connectivity index (χ1n) is 2.20. The van der Waals surface area contributed by atoms with E-state index in [9.17, 15) is 22.0 Å². The highest BCUT2D eigenvalue weighted by Gasteiger charge is 2.43. The molecule has 0 spiro atoms. The van der Waals surface area contributed by atoms with E-state index in [-0.39, 0.29) is 0 Å². The van der Waals surface area contributed by atoms with Gasteiger partial charge in [0.15, 0.2) is 0 Å². The molecule has 0 saturated heterocycles. The number of rotatable bonds is 1. The molecule has 0 rings (SSSR count). The Morgan fingerprint density at radius 2 is 1.44 bits per heavy atom. The molecule has 56 valence electrons. The quantitative estimate of drug-likeness (QED) is 0.500. The molecule has 0 aliphatic rings. The zero-order valence-electron chi connectivity index (χ0n) is 4.54. The zero-order chi connectivity index (χ0) is 7.65. The highest BCUT2D eigenvalue weighted by atomic mass is 19.4. The van der Waals surface area contributed by atoms with Gasteiger partial charge in [-0.3, -0.25) is 0 Å². The van der Waals surface area contributed by atoms with Gasteiger partial charge in [-0.05, 0) is 6.92 Å². The van der Waals surface area contributed by atoms with Crippen molar-refractivity contribution in [1.29, 1.82) is 0 Å². The minimum atomic E-state index is -5.06. The Bertz CT molecular complexity index is 83.4. The van der Waals surface area contributed by atoms with E-state index in [2.05, 4.69) is 0 Å². The predicted molar refractivity (Wildman–Crippen MR) is 21.5 cm³/mol. The van der Waals surface area contributed by atoms with Crippen molar-refractivity contribution in [1.82, 2.24) is 0 Å². The van der Waals surface area contributed by atoms with Crippen molar-refractivity contribution in [2.24, 2.45) is 0 Å². The molecular weight excluding hydrogens is 143 g/mol. The average Bonchev–Trinajstić information content (AvgIpc) is 1.62. The van der Waals surface area contributed by atoms with Gasteiger partial charge >= 0.3 is 6.18 Å². The Balaban J connectivity index is 3.88. The summed E-state index contributed by atoms with van der Waals surface area (Å²) in [6, 6.07) is 0. The van der Waals surface area contributed by atoms with Gasteiger partial charge in [0.05, 0.1) is 0 Å². The summed E-state index contributed by atoms with van der Waals surface area (Å²) in [7, 11) is 0. The maximum Gasteiger partial charge on any atom is 0.422 e. The summed E-state index contributed by atoms with van der Waals surface area (Å²) in [5.74, 6) is 0. The summed E-state index contributed by atoms with van der Waals surface area (Å²) < 4.78 is 56.3. The zero-order valence-corrected chi connectivity index (χ0v) is 4.54. The summed E-state index contributed by atoms with van der Waals surface area (Å²) in [5, 5.41) is 0. The molecule has 0 heterocycles. The minimum absolute atomic E-state index is 0.526. The summed E-state index contributed by atoms with van der Waals surface area (Å²) in [6.45, 7) is 0.526. The topological polar surface area (TPSA) is 0 Å². The Morgan fingerprint density at radius 1 is 1.11 bits per heavy atom. The van der Waals surface area contributed by atoms with Gasteiger partial charge in [0.1, 0.15) is 6.17 Å². The first kappa shape index (κ1) is 8.65. The summed E-state index contributed by atoms with van der Waals surface area (Å²) >= 11 is 0. The Kier molecular flexibility index (Phi) is 2.40. The smallest absolute Gasteiger partial charge is 0.244 e. The molecule has 0 aromatic rings. The second kappa shape index (κ2) is 2.49. The number of hydrogen-bond acceptors (Lipinski definition) is 0. The standard InChI is InChI=1S/C4H5F5/c1-2(5)3(6)4(7,8)9/h2-3H,1H3/t2-,3+/m0/s1. The minimum Gasteiger partial charge on any atom is -0.244 e. The molecule has 0 unspecified atom stereocenters. The SMILES string of the molecule is C[C@H](F)[C@@H](F)C(F)(F)F. The summed E-state index contributed by atoms with van der Waals surface area (Å²) in [5.41, 5.74) is 0. The van der Waals surface area contributed by atoms with Crippen molar-refractivity contribution in [3.8, 4) is 0 Å². The highest BCUT2D eigenvalue weighted by molar-refractivity contribution is 4.70. The molecule has 2 atom stereocenters. The van der Waals surface area contributed by atoms with E-state index in [1.807, 2.05) is 0 Å². The lowest BCUT2D eigenvalue weighted by Crippen LogP contribution is -2.31. The fourth-order valence-electron chi connectivity index (χ4n) is 0.260. The molecule has 0 nitrogen and oxygen atoms in total. The highest BCUT2D eigenvalue weighted by Crippen LogP contribution is 2.26. The van der Waals surface area contributed by atoms with Crippen LogP contribution in [0.15, 0.2) is 0 Å². The van der Waals surface area contributed by atoms with Gasteiger partial charge in [0, 0.05) is 0 Å². The van der Waals surface area contributed by atoms with Crippen LogP contribution in [0.1, 0.15) is 6.92 Å². The Labute approximate surface area is 48.7 Å². The van der Waals surface area contributed by atoms with Gasteiger partial charge in [-0.1, -0.05) is 0 Å². The van der Waals surface area contributed by atoms with E-state index >= 15 is 0 Å². The molecule has 0 N–H and O–H groups in total. The van der Waals surface area contributed by atoms with Crippen molar-refractivity contribution < 1.29 is 22.0 Å². The first-order valence-corrected chi connectivity index (χ1v) is 2.20. The van der Waals surface area contributed by atoms with Crippen LogP contribution < -0.4 is 0 Å². The Hall–Kier alpha value is -0.350. The van der Waals surface area contributed by atoms with E-state index in [4.69, 9.17) is 0 Å². The molecule has 0 amide bonds. The van der Waals surface area contributed by atoms with Crippen LogP contribution in [0.5, 0.6) is 0 Å². The van der Waals surface area contributed by atoms with E-state index in [1.54, 1.807) is 0 Å². The fourth-order valence-corrected chi connectivity index (χ4v) is 0.260. The molecule has 0 aliphatic carbocycles. The van der Waals surface area contributed by atoms with Gasteiger partial charge < -0.3 is 0 Å². The van der Waals surface area contributed by atoms with E-state index in [0.717, 1.165) is 0 Å². The lowest BCUT2D eigenvalue weighted by atomic mass is 10.3. The van der Waals surface area contributed by atoms with E-state index in [0.29, 0.717) is 6.92 Å². The number of halogens is 5. The molecular formula is C4H5F5. The average molecular weight is 148 g/mol.